The van der Waals surface area contributed by atoms with Gasteiger partial charge in [0.05, 0.1) is 6.61 Å². The zero-order valence-corrected chi connectivity index (χ0v) is 11.5. The van der Waals surface area contributed by atoms with Crippen LogP contribution >= 0.6 is 11.8 Å². The molecular formula is C14H21NOS. The molecule has 0 radical (unpaired) electrons. The second kappa shape index (κ2) is 6.31. The zero-order valence-electron chi connectivity index (χ0n) is 10.7. The second-order valence-electron chi connectivity index (χ2n) is 4.35. The van der Waals surface area contributed by atoms with Gasteiger partial charge in [0.2, 0.25) is 0 Å². The summed E-state index contributed by atoms with van der Waals surface area (Å²) in [6.45, 7) is 4.01. The maximum absolute atomic E-state index is 5.88. The quantitative estimate of drug-likeness (QED) is 0.869. The summed E-state index contributed by atoms with van der Waals surface area (Å²) in [5, 5.41) is 3.55. The van der Waals surface area contributed by atoms with E-state index in [4.69, 9.17) is 4.74 Å². The summed E-state index contributed by atoms with van der Waals surface area (Å²) in [4.78, 5) is 0. The van der Waals surface area contributed by atoms with Crippen molar-refractivity contribution in [2.45, 2.75) is 25.8 Å². The smallest absolute Gasteiger partial charge is 0.127 e. The highest BCUT2D eigenvalue weighted by Gasteiger charge is 2.19. The fourth-order valence-corrected chi connectivity index (χ4v) is 2.99. The predicted molar refractivity (Wildman–Crippen MR) is 75.1 cm³/mol. The van der Waals surface area contributed by atoms with Crippen molar-refractivity contribution in [1.82, 2.24) is 5.32 Å². The van der Waals surface area contributed by atoms with Crippen molar-refractivity contribution < 1.29 is 4.74 Å². The fourth-order valence-electron chi connectivity index (χ4n) is 2.36. The molecule has 17 heavy (non-hydrogen) atoms. The van der Waals surface area contributed by atoms with Crippen molar-refractivity contribution in [3.8, 4) is 5.75 Å². The lowest BCUT2D eigenvalue weighted by Gasteiger charge is -2.25. The largest absolute Gasteiger partial charge is 0.493 e. The van der Waals surface area contributed by atoms with Gasteiger partial charge in [0.15, 0.2) is 0 Å². The van der Waals surface area contributed by atoms with Gasteiger partial charge < -0.3 is 10.1 Å². The SMILES string of the molecule is CCNC(CSC)c1cccc2c1OCCC2. The lowest BCUT2D eigenvalue weighted by atomic mass is 9.98. The van der Waals surface area contributed by atoms with Crippen molar-refractivity contribution >= 4 is 11.8 Å². The third-order valence-electron chi connectivity index (χ3n) is 3.12. The van der Waals surface area contributed by atoms with Crippen LogP contribution in [0.2, 0.25) is 0 Å². The highest BCUT2D eigenvalue weighted by atomic mass is 32.2. The molecule has 0 bridgehead atoms. The van der Waals surface area contributed by atoms with Crippen LogP contribution in [0.4, 0.5) is 0 Å². The Bertz CT molecular complexity index is 361. The molecule has 1 unspecified atom stereocenters. The number of benzene rings is 1. The maximum Gasteiger partial charge on any atom is 0.127 e. The Morgan fingerprint density at radius 3 is 3.12 bits per heavy atom. The number of thioether (sulfide) groups is 1. The van der Waals surface area contributed by atoms with Gasteiger partial charge in [-0.1, -0.05) is 25.1 Å². The molecule has 0 saturated heterocycles. The first-order chi connectivity index (χ1) is 8.36. The lowest BCUT2D eigenvalue weighted by molar-refractivity contribution is 0.282. The Labute approximate surface area is 108 Å². The van der Waals surface area contributed by atoms with Crippen LogP contribution in [0.5, 0.6) is 5.75 Å². The molecule has 0 fully saturated rings. The summed E-state index contributed by atoms with van der Waals surface area (Å²) in [5.74, 6) is 2.23. The number of hydrogen-bond donors (Lipinski definition) is 1. The van der Waals surface area contributed by atoms with Crippen molar-refractivity contribution in [2.24, 2.45) is 0 Å². The summed E-state index contributed by atoms with van der Waals surface area (Å²) in [6.07, 6.45) is 4.45. The van der Waals surface area contributed by atoms with Crippen LogP contribution in [-0.2, 0) is 6.42 Å². The normalized spacial score (nSPS) is 16.1. The number of ether oxygens (including phenoxy) is 1. The number of aryl methyl sites for hydroxylation is 1. The summed E-state index contributed by atoms with van der Waals surface area (Å²) in [6, 6.07) is 6.96. The average molecular weight is 251 g/mol. The Hall–Kier alpha value is -0.670. The highest BCUT2D eigenvalue weighted by molar-refractivity contribution is 7.98. The molecule has 94 valence electrons. The van der Waals surface area contributed by atoms with E-state index in [0.717, 1.165) is 37.5 Å². The Morgan fingerprint density at radius 2 is 2.35 bits per heavy atom. The van der Waals surface area contributed by atoms with Gasteiger partial charge >= 0.3 is 0 Å². The van der Waals surface area contributed by atoms with E-state index < -0.39 is 0 Å². The first-order valence-electron chi connectivity index (χ1n) is 6.33. The molecule has 0 aromatic heterocycles. The molecule has 3 heteroatoms. The van der Waals surface area contributed by atoms with Crippen LogP contribution in [-0.4, -0.2) is 25.2 Å². The summed E-state index contributed by atoms with van der Waals surface area (Å²) in [7, 11) is 0. The summed E-state index contributed by atoms with van der Waals surface area (Å²) < 4.78 is 5.88. The molecule has 0 spiro atoms. The van der Waals surface area contributed by atoms with Gasteiger partial charge in [0, 0.05) is 17.4 Å². The molecule has 0 aliphatic carbocycles. The minimum Gasteiger partial charge on any atom is -0.493 e. The number of para-hydroxylation sites is 1. The topological polar surface area (TPSA) is 21.3 Å². The number of nitrogens with one attached hydrogen (secondary N) is 1. The minimum atomic E-state index is 0.406. The molecule has 0 saturated carbocycles. The fraction of sp³-hybridized carbons (Fsp3) is 0.571. The lowest BCUT2D eigenvalue weighted by Crippen LogP contribution is -2.24. The molecule has 1 atom stereocenters. The number of rotatable bonds is 5. The standard InChI is InChI=1S/C14H21NOS/c1-3-15-13(10-17-2)12-8-4-6-11-7-5-9-16-14(11)12/h4,6,8,13,15H,3,5,7,9-10H2,1-2H3. The van der Waals surface area contributed by atoms with E-state index in [9.17, 15) is 0 Å². The van der Waals surface area contributed by atoms with Crippen LogP contribution < -0.4 is 10.1 Å². The molecular weight excluding hydrogens is 230 g/mol. The second-order valence-corrected chi connectivity index (χ2v) is 5.26. The van der Waals surface area contributed by atoms with Crippen molar-refractivity contribution in [3.63, 3.8) is 0 Å². The number of fused-ring (bicyclic) bond motifs is 1. The van der Waals surface area contributed by atoms with Gasteiger partial charge in [-0.3, -0.25) is 0 Å². The molecule has 1 heterocycles. The Kier molecular flexibility index (Phi) is 4.75. The first kappa shape index (κ1) is 12.8. The highest BCUT2D eigenvalue weighted by Crippen LogP contribution is 2.33. The number of hydrogen-bond acceptors (Lipinski definition) is 3. The predicted octanol–water partition coefficient (Wildman–Crippen LogP) is 3.03. The monoisotopic (exact) mass is 251 g/mol. The van der Waals surface area contributed by atoms with E-state index in [1.54, 1.807) is 0 Å². The van der Waals surface area contributed by atoms with Gasteiger partial charge in [0.25, 0.3) is 0 Å². The Morgan fingerprint density at radius 1 is 1.47 bits per heavy atom. The molecule has 1 aliphatic heterocycles. The average Bonchev–Trinajstić information content (AvgIpc) is 2.38. The molecule has 1 aromatic rings. The molecule has 2 rings (SSSR count). The van der Waals surface area contributed by atoms with E-state index >= 15 is 0 Å². The molecule has 0 amide bonds. The van der Waals surface area contributed by atoms with Crippen molar-refractivity contribution in [3.05, 3.63) is 29.3 Å². The van der Waals surface area contributed by atoms with Crippen LogP contribution in [0.3, 0.4) is 0 Å². The third kappa shape index (κ3) is 2.96. The molecule has 2 nitrogen and oxygen atoms in total. The van der Waals surface area contributed by atoms with E-state index in [-0.39, 0.29) is 0 Å². The van der Waals surface area contributed by atoms with Crippen molar-refractivity contribution in [2.75, 3.05) is 25.2 Å². The Balaban J connectivity index is 2.28. The van der Waals surface area contributed by atoms with Crippen LogP contribution in [0, 0.1) is 0 Å². The van der Waals surface area contributed by atoms with Crippen LogP contribution in [0.1, 0.15) is 30.5 Å². The van der Waals surface area contributed by atoms with E-state index in [1.807, 2.05) is 11.8 Å². The van der Waals surface area contributed by atoms with Crippen molar-refractivity contribution in [1.29, 1.82) is 0 Å². The molecule has 1 aliphatic rings. The van der Waals surface area contributed by atoms with Crippen LogP contribution in [0.25, 0.3) is 0 Å². The van der Waals surface area contributed by atoms with E-state index in [1.165, 1.54) is 11.1 Å². The van der Waals surface area contributed by atoms with E-state index in [2.05, 4.69) is 36.7 Å². The molecule has 1 N–H and O–H groups in total. The maximum atomic E-state index is 5.88. The zero-order chi connectivity index (χ0) is 12.1. The first-order valence-corrected chi connectivity index (χ1v) is 7.73. The van der Waals surface area contributed by atoms with Gasteiger partial charge in [0.1, 0.15) is 5.75 Å². The van der Waals surface area contributed by atoms with Gasteiger partial charge in [-0.2, -0.15) is 11.8 Å². The van der Waals surface area contributed by atoms with Crippen LogP contribution in [0.15, 0.2) is 18.2 Å². The van der Waals surface area contributed by atoms with Gasteiger partial charge in [-0.05, 0) is 31.2 Å². The van der Waals surface area contributed by atoms with Gasteiger partial charge in [-0.15, -0.1) is 0 Å². The molecule has 1 aromatic carbocycles. The third-order valence-corrected chi connectivity index (χ3v) is 3.79. The van der Waals surface area contributed by atoms with E-state index in [0.29, 0.717) is 6.04 Å². The summed E-state index contributed by atoms with van der Waals surface area (Å²) >= 11 is 1.88. The van der Waals surface area contributed by atoms with Gasteiger partial charge in [-0.25, -0.2) is 0 Å². The summed E-state index contributed by atoms with van der Waals surface area (Å²) in [5.41, 5.74) is 2.70. The minimum absolute atomic E-state index is 0.406.